The Morgan fingerprint density at radius 3 is 2.72 bits per heavy atom. The van der Waals surface area contributed by atoms with Crippen LogP contribution in [0.2, 0.25) is 0 Å². The molecule has 0 saturated carbocycles. The number of carbonyl (C=O) groups excluding carboxylic acids is 2. The van der Waals surface area contributed by atoms with Gasteiger partial charge >= 0.3 is 6.03 Å². The molecule has 5 heteroatoms. The molecular weight excluding hydrogens is 230 g/mol. The molecule has 1 aromatic heterocycles. The molecule has 0 spiro atoms. The van der Waals surface area contributed by atoms with Crippen molar-refractivity contribution in [3.8, 4) is 0 Å². The smallest absolute Gasteiger partial charge is 0.324 e. The van der Waals surface area contributed by atoms with Crippen LogP contribution in [-0.2, 0) is 11.2 Å². The first-order valence-corrected chi connectivity index (χ1v) is 5.80. The van der Waals surface area contributed by atoms with Crippen molar-refractivity contribution in [2.45, 2.75) is 12.5 Å². The van der Waals surface area contributed by atoms with Gasteiger partial charge in [-0.1, -0.05) is 18.2 Å². The quantitative estimate of drug-likeness (QED) is 0.780. The number of carbonyl (C=O) groups is 2. The van der Waals surface area contributed by atoms with Gasteiger partial charge in [-0.2, -0.15) is 0 Å². The molecule has 1 saturated heterocycles. The van der Waals surface area contributed by atoms with E-state index in [4.69, 9.17) is 0 Å². The van der Waals surface area contributed by atoms with Gasteiger partial charge in [-0.15, -0.1) is 0 Å². The van der Waals surface area contributed by atoms with E-state index in [-0.39, 0.29) is 11.9 Å². The van der Waals surface area contributed by atoms with Crippen LogP contribution in [0.25, 0.3) is 10.9 Å². The first-order valence-electron chi connectivity index (χ1n) is 5.80. The molecule has 18 heavy (non-hydrogen) atoms. The topological polar surface area (TPSA) is 65.2 Å². The van der Waals surface area contributed by atoms with Gasteiger partial charge in [0.1, 0.15) is 6.04 Å². The second-order valence-corrected chi connectivity index (χ2v) is 4.49. The summed E-state index contributed by atoms with van der Waals surface area (Å²) in [5.74, 6) is -0.182. The maximum Gasteiger partial charge on any atom is 0.324 e. The van der Waals surface area contributed by atoms with Crippen molar-refractivity contribution in [3.63, 3.8) is 0 Å². The standard InChI is InChI=1S/C13H13N3O2/c1-16-12(17)11(15-13(16)18)7-9-6-8-4-2-3-5-10(8)14-9/h2-6,11,14H,7H2,1H3,(H,15,18)/t11-/m1/s1. The van der Waals surface area contributed by atoms with Crippen LogP contribution in [-0.4, -0.2) is 34.9 Å². The number of nitrogens with one attached hydrogen (secondary N) is 2. The number of urea groups is 1. The third-order valence-corrected chi connectivity index (χ3v) is 3.24. The lowest BCUT2D eigenvalue weighted by atomic mass is 10.1. The molecule has 2 aromatic rings. The molecule has 1 aromatic carbocycles. The van der Waals surface area contributed by atoms with Gasteiger partial charge in [0.2, 0.25) is 0 Å². The Labute approximate surface area is 104 Å². The SMILES string of the molecule is CN1C(=O)N[C@H](Cc2cc3ccccc3[nH]2)C1=O. The number of likely N-dealkylation sites (N-methyl/N-ethyl adjacent to an activating group) is 1. The van der Waals surface area contributed by atoms with E-state index >= 15 is 0 Å². The normalized spacial score (nSPS) is 19.6. The van der Waals surface area contributed by atoms with E-state index in [9.17, 15) is 9.59 Å². The maximum atomic E-state index is 11.8. The van der Waals surface area contributed by atoms with E-state index in [1.165, 1.54) is 7.05 Å². The number of benzene rings is 1. The minimum absolute atomic E-state index is 0.182. The summed E-state index contributed by atoms with van der Waals surface area (Å²) in [6.45, 7) is 0. The van der Waals surface area contributed by atoms with Crippen molar-refractivity contribution in [3.05, 3.63) is 36.0 Å². The number of hydrogen-bond donors (Lipinski definition) is 2. The maximum absolute atomic E-state index is 11.8. The number of imide groups is 1. The van der Waals surface area contributed by atoms with Gasteiger partial charge in [0.15, 0.2) is 0 Å². The highest BCUT2D eigenvalue weighted by molar-refractivity contribution is 6.04. The fourth-order valence-corrected chi connectivity index (χ4v) is 2.24. The van der Waals surface area contributed by atoms with E-state index in [2.05, 4.69) is 10.3 Å². The number of aromatic nitrogens is 1. The predicted molar refractivity (Wildman–Crippen MR) is 67.1 cm³/mol. The van der Waals surface area contributed by atoms with Gasteiger partial charge in [-0.05, 0) is 17.5 Å². The van der Waals surface area contributed by atoms with Crippen molar-refractivity contribution in [2.75, 3.05) is 7.05 Å². The fraction of sp³-hybridized carbons (Fsp3) is 0.231. The molecule has 3 amide bonds. The van der Waals surface area contributed by atoms with Crippen molar-refractivity contribution < 1.29 is 9.59 Å². The molecule has 1 fully saturated rings. The zero-order chi connectivity index (χ0) is 12.7. The number of para-hydroxylation sites is 1. The van der Waals surface area contributed by atoms with Gasteiger partial charge in [0, 0.05) is 24.7 Å². The van der Waals surface area contributed by atoms with Gasteiger partial charge in [-0.3, -0.25) is 9.69 Å². The van der Waals surface area contributed by atoms with E-state index in [1.807, 2.05) is 30.3 Å². The van der Waals surface area contributed by atoms with Gasteiger partial charge in [0.25, 0.3) is 5.91 Å². The van der Waals surface area contributed by atoms with Crippen LogP contribution in [0.1, 0.15) is 5.69 Å². The number of H-pyrrole nitrogens is 1. The lowest BCUT2D eigenvalue weighted by molar-refractivity contribution is -0.126. The molecule has 0 bridgehead atoms. The number of hydrogen-bond acceptors (Lipinski definition) is 2. The molecule has 3 rings (SSSR count). The minimum atomic E-state index is -0.462. The average molecular weight is 243 g/mol. The Morgan fingerprint density at radius 2 is 2.06 bits per heavy atom. The van der Waals surface area contributed by atoms with Gasteiger partial charge < -0.3 is 10.3 Å². The third-order valence-electron chi connectivity index (χ3n) is 3.24. The van der Waals surface area contributed by atoms with Crippen LogP contribution in [0, 0.1) is 0 Å². The van der Waals surface area contributed by atoms with E-state index < -0.39 is 6.04 Å². The average Bonchev–Trinajstić information content (AvgIpc) is 2.87. The Kier molecular flexibility index (Phi) is 2.33. The number of nitrogens with zero attached hydrogens (tertiary/aromatic N) is 1. The van der Waals surface area contributed by atoms with Crippen LogP contribution in [0.4, 0.5) is 4.79 Å². The summed E-state index contributed by atoms with van der Waals surface area (Å²) < 4.78 is 0. The Hall–Kier alpha value is -2.30. The summed E-state index contributed by atoms with van der Waals surface area (Å²) in [6.07, 6.45) is 0.490. The van der Waals surface area contributed by atoms with Crippen LogP contribution >= 0.6 is 0 Å². The summed E-state index contributed by atoms with van der Waals surface area (Å²) in [5, 5.41) is 3.77. The highest BCUT2D eigenvalue weighted by atomic mass is 16.2. The monoisotopic (exact) mass is 243 g/mol. The minimum Gasteiger partial charge on any atom is -0.358 e. The van der Waals surface area contributed by atoms with Crippen LogP contribution in [0.5, 0.6) is 0 Å². The van der Waals surface area contributed by atoms with Gasteiger partial charge in [0.05, 0.1) is 0 Å². The van der Waals surface area contributed by atoms with Gasteiger partial charge in [-0.25, -0.2) is 4.79 Å². The molecule has 5 nitrogen and oxygen atoms in total. The second-order valence-electron chi connectivity index (χ2n) is 4.49. The Morgan fingerprint density at radius 1 is 1.28 bits per heavy atom. The highest BCUT2D eigenvalue weighted by Gasteiger charge is 2.35. The first kappa shape index (κ1) is 10.8. The molecule has 2 N–H and O–H groups in total. The van der Waals surface area contributed by atoms with E-state index in [1.54, 1.807) is 0 Å². The molecule has 1 aliphatic rings. The zero-order valence-electron chi connectivity index (χ0n) is 9.93. The number of amides is 3. The largest absolute Gasteiger partial charge is 0.358 e. The Bertz CT molecular complexity index is 599. The molecule has 0 radical (unpaired) electrons. The number of fused-ring (bicyclic) bond motifs is 1. The number of rotatable bonds is 2. The van der Waals surface area contributed by atoms with E-state index in [0.717, 1.165) is 21.5 Å². The number of aromatic amines is 1. The summed E-state index contributed by atoms with van der Waals surface area (Å²) in [4.78, 5) is 27.5. The lowest BCUT2D eigenvalue weighted by Gasteiger charge is -2.05. The molecular formula is C13H13N3O2. The molecule has 0 aliphatic carbocycles. The first-order chi connectivity index (χ1) is 8.65. The fourth-order valence-electron chi connectivity index (χ4n) is 2.24. The third kappa shape index (κ3) is 1.64. The van der Waals surface area contributed by atoms with Crippen LogP contribution in [0.15, 0.2) is 30.3 Å². The summed E-state index contributed by atoms with van der Waals surface area (Å²) in [6, 6.07) is 9.13. The molecule has 2 heterocycles. The van der Waals surface area contributed by atoms with Crippen LogP contribution < -0.4 is 5.32 Å². The highest BCUT2D eigenvalue weighted by Crippen LogP contribution is 2.17. The van der Waals surface area contributed by atoms with Crippen molar-refractivity contribution >= 4 is 22.8 Å². The van der Waals surface area contributed by atoms with E-state index in [0.29, 0.717) is 6.42 Å². The summed E-state index contributed by atoms with van der Waals surface area (Å²) in [7, 11) is 1.49. The predicted octanol–water partition coefficient (Wildman–Crippen LogP) is 1.26. The molecule has 1 atom stereocenters. The second kappa shape index (κ2) is 3.87. The molecule has 0 unspecified atom stereocenters. The lowest BCUT2D eigenvalue weighted by Crippen LogP contribution is -2.31. The van der Waals surface area contributed by atoms with Crippen molar-refractivity contribution in [2.24, 2.45) is 0 Å². The summed E-state index contributed by atoms with van der Waals surface area (Å²) >= 11 is 0. The molecule has 92 valence electrons. The van der Waals surface area contributed by atoms with Crippen molar-refractivity contribution in [1.29, 1.82) is 0 Å². The zero-order valence-corrected chi connectivity index (χ0v) is 9.93. The van der Waals surface area contributed by atoms with Crippen LogP contribution in [0.3, 0.4) is 0 Å². The Balaban J connectivity index is 1.85. The van der Waals surface area contributed by atoms with Crippen molar-refractivity contribution in [1.82, 2.24) is 15.2 Å². The summed E-state index contributed by atoms with van der Waals surface area (Å²) in [5.41, 5.74) is 1.99. The molecule has 1 aliphatic heterocycles.